The van der Waals surface area contributed by atoms with Crippen molar-refractivity contribution in [2.24, 2.45) is 0 Å². The zero-order valence-electron chi connectivity index (χ0n) is 8.96. The molecule has 0 atom stereocenters. The highest BCUT2D eigenvalue weighted by Gasteiger charge is 2.11. The zero-order chi connectivity index (χ0) is 10.9. The van der Waals surface area contributed by atoms with Gasteiger partial charge >= 0.3 is 0 Å². The van der Waals surface area contributed by atoms with Crippen molar-refractivity contribution in [1.29, 1.82) is 0 Å². The van der Waals surface area contributed by atoms with E-state index in [1.54, 1.807) is 11.9 Å². The highest BCUT2D eigenvalue weighted by Crippen LogP contribution is 2.24. The average Bonchev–Trinajstić information content (AvgIpc) is 2.13. The fourth-order valence-electron chi connectivity index (χ4n) is 1.41. The average molecular weight is 209 g/mol. The fraction of sp³-hybridized carbons (Fsp3) is 0.364. The lowest BCUT2D eigenvalue weighted by Gasteiger charge is -2.19. The Labute approximate surface area is 90.3 Å². The minimum atomic E-state index is -0.239. The number of aryl methyl sites for hydroxylation is 1. The van der Waals surface area contributed by atoms with Crippen molar-refractivity contribution in [3.8, 4) is 0 Å². The molecule has 0 saturated carbocycles. The molecular formula is C11H15NOS. The number of nitrogens with zero attached hydrogens (tertiary/aromatic N) is 1. The van der Waals surface area contributed by atoms with Crippen molar-refractivity contribution in [3.63, 3.8) is 0 Å². The molecule has 1 rings (SSSR count). The summed E-state index contributed by atoms with van der Waals surface area (Å²) in [4.78, 5) is 12.6. The molecule has 0 radical (unpaired) electrons. The number of rotatable bonds is 1. The first-order valence-electron chi connectivity index (χ1n) is 4.48. The smallest absolute Gasteiger partial charge is 0.282 e. The number of thiol groups is 1. The number of amides is 1. The van der Waals surface area contributed by atoms with Crippen LogP contribution in [0.5, 0.6) is 0 Å². The number of carbonyl (C=O) groups excluding carboxylic acids is 1. The molecule has 0 heterocycles. The van der Waals surface area contributed by atoms with E-state index < -0.39 is 0 Å². The van der Waals surface area contributed by atoms with Crippen molar-refractivity contribution < 1.29 is 4.79 Å². The Kier molecular flexibility index (Phi) is 3.21. The first-order valence-corrected chi connectivity index (χ1v) is 4.93. The second-order valence-corrected chi connectivity index (χ2v) is 3.88. The molecule has 0 N–H and O–H groups in total. The first-order chi connectivity index (χ1) is 6.45. The summed E-state index contributed by atoms with van der Waals surface area (Å²) in [6.07, 6.45) is 0. The Bertz CT molecular complexity index is 374. The summed E-state index contributed by atoms with van der Waals surface area (Å²) in [5, 5.41) is -0.239. The molecule has 2 nitrogen and oxygen atoms in total. The highest BCUT2D eigenvalue weighted by atomic mass is 32.1. The molecule has 0 spiro atoms. The molecule has 1 aromatic rings. The summed E-state index contributed by atoms with van der Waals surface area (Å²) in [5.41, 5.74) is 4.53. The monoisotopic (exact) mass is 209 g/mol. The molecule has 76 valence electrons. The number of hydrogen-bond acceptors (Lipinski definition) is 1. The fourth-order valence-corrected chi connectivity index (χ4v) is 1.52. The van der Waals surface area contributed by atoms with Gasteiger partial charge in [0, 0.05) is 12.7 Å². The molecule has 1 aromatic carbocycles. The van der Waals surface area contributed by atoms with Crippen LogP contribution in [0.25, 0.3) is 0 Å². The van der Waals surface area contributed by atoms with Crippen molar-refractivity contribution >= 4 is 23.6 Å². The van der Waals surface area contributed by atoms with Crippen LogP contribution in [0.4, 0.5) is 10.5 Å². The molecule has 0 bridgehead atoms. The standard InChI is InChI=1S/C11H15NOS/c1-7-5-6-10(9(3)8(7)2)12(4)11(13)14/h5-6H,1-4H3,(H,13,14). The Hall–Kier alpha value is -0.960. The van der Waals surface area contributed by atoms with Gasteiger partial charge in [0.25, 0.3) is 5.24 Å². The number of anilines is 1. The maximum Gasteiger partial charge on any atom is 0.282 e. The van der Waals surface area contributed by atoms with Crippen LogP contribution in [0, 0.1) is 20.8 Å². The van der Waals surface area contributed by atoms with Gasteiger partial charge in [-0.1, -0.05) is 18.7 Å². The summed E-state index contributed by atoms with van der Waals surface area (Å²) in [5.74, 6) is 0. The lowest BCUT2D eigenvalue weighted by Crippen LogP contribution is -2.20. The number of hydrogen-bond donors (Lipinski definition) is 1. The van der Waals surface area contributed by atoms with Crippen molar-refractivity contribution in [3.05, 3.63) is 28.8 Å². The van der Waals surface area contributed by atoms with E-state index in [0.717, 1.165) is 11.3 Å². The van der Waals surface area contributed by atoms with Crippen molar-refractivity contribution in [1.82, 2.24) is 0 Å². The van der Waals surface area contributed by atoms with E-state index >= 15 is 0 Å². The van der Waals surface area contributed by atoms with Gasteiger partial charge in [0.1, 0.15) is 0 Å². The summed E-state index contributed by atoms with van der Waals surface area (Å²) >= 11 is 3.80. The summed E-state index contributed by atoms with van der Waals surface area (Å²) in [7, 11) is 1.73. The quantitative estimate of drug-likeness (QED) is 0.705. The molecule has 0 aliphatic carbocycles. The van der Waals surface area contributed by atoms with E-state index in [2.05, 4.69) is 26.5 Å². The van der Waals surface area contributed by atoms with Gasteiger partial charge in [0.05, 0.1) is 0 Å². The Morgan fingerprint density at radius 3 is 2.29 bits per heavy atom. The van der Waals surface area contributed by atoms with Gasteiger partial charge in [0.15, 0.2) is 0 Å². The molecule has 1 amide bonds. The van der Waals surface area contributed by atoms with Gasteiger partial charge in [-0.25, -0.2) is 0 Å². The summed E-state index contributed by atoms with van der Waals surface area (Å²) < 4.78 is 0. The Morgan fingerprint density at radius 2 is 1.79 bits per heavy atom. The molecule has 3 heteroatoms. The molecular weight excluding hydrogens is 194 g/mol. The second kappa shape index (κ2) is 4.05. The van der Waals surface area contributed by atoms with Gasteiger partial charge < -0.3 is 4.90 Å². The van der Waals surface area contributed by atoms with Crippen LogP contribution in [0.2, 0.25) is 0 Å². The minimum absolute atomic E-state index is 0.239. The zero-order valence-corrected chi connectivity index (χ0v) is 9.85. The lowest BCUT2D eigenvalue weighted by molar-refractivity contribution is 0.266. The maximum absolute atomic E-state index is 11.1. The number of benzene rings is 1. The van der Waals surface area contributed by atoms with Gasteiger partial charge in [-0.3, -0.25) is 4.79 Å². The highest BCUT2D eigenvalue weighted by molar-refractivity contribution is 7.96. The van der Waals surface area contributed by atoms with Crippen molar-refractivity contribution in [2.75, 3.05) is 11.9 Å². The van der Waals surface area contributed by atoms with Crippen LogP contribution >= 0.6 is 12.6 Å². The van der Waals surface area contributed by atoms with Crippen LogP contribution in [0.1, 0.15) is 16.7 Å². The van der Waals surface area contributed by atoms with E-state index in [-0.39, 0.29) is 5.24 Å². The predicted molar refractivity (Wildman–Crippen MR) is 63.4 cm³/mol. The molecule has 0 saturated heterocycles. The minimum Gasteiger partial charge on any atom is -0.306 e. The number of carbonyl (C=O) groups is 1. The normalized spacial score (nSPS) is 10.1. The molecule has 0 aliphatic rings. The van der Waals surface area contributed by atoms with E-state index in [1.807, 2.05) is 19.1 Å². The third-order valence-corrected chi connectivity index (χ3v) is 2.98. The van der Waals surface area contributed by atoms with E-state index in [9.17, 15) is 4.79 Å². The van der Waals surface area contributed by atoms with Crippen LogP contribution in [-0.2, 0) is 0 Å². The third kappa shape index (κ3) is 1.93. The Morgan fingerprint density at radius 1 is 1.21 bits per heavy atom. The topological polar surface area (TPSA) is 20.3 Å². The third-order valence-electron chi connectivity index (χ3n) is 2.68. The van der Waals surface area contributed by atoms with E-state index in [1.165, 1.54) is 11.1 Å². The largest absolute Gasteiger partial charge is 0.306 e. The molecule has 0 unspecified atom stereocenters. The summed E-state index contributed by atoms with van der Waals surface area (Å²) in [6.45, 7) is 6.14. The van der Waals surface area contributed by atoms with Crippen LogP contribution in [0.15, 0.2) is 12.1 Å². The second-order valence-electron chi connectivity index (χ2n) is 3.49. The SMILES string of the molecule is Cc1ccc(N(C)C(=O)S)c(C)c1C. The molecule has 14 heavy (non-hydrogen) atoms. The predicted octanol–water partition coefficient (Wildman–Crippen LogP) is 3.10. The molecule has 0 fully saturated rings. The first kappa shape index (κ1) is 11.1. The van der Waals surface area contributed by atoms with Gasteiger partial charge in [-0.2, -0.15) is 0 Å². The van der Waals surface area contributed by atoms with Crippen LogP contribution in [0.3, 0.4) is 0 Å². The molecule has 0 aliphatic heterocycles. The molecule has 0 aromatic heterocycles. The van der Waals surface area contributed by atoms with E-state index in [0.29, 0.717) is 0 Å². The van der Waals surface area contributed by atoms with E-state index in [4.69, 9.17) is 0 Å². The lowest BCUT2D eigenvalue weighted by atomic mass is 10.0. The maximum atomic E-state index is 11.1. The van der Waals surface area contributed by atoms with Crippen LogP contribution in [-0.4, -0.2) is 12.3 Å². The van der Waals surface area contributed by atoms with Gasteiger partial charge in [-0.05, 0) is 43.5 Å². The summed E-state index contributed by atoms with van der Waals surface area (Å²) in [6, 6.07) is 3.97. The van der Waals surface area contributed by atoms with Gasteiger partial charge in [-0.15, -0.1) is 0 Å². The Balaban J connectivity index is 3.24. The van der Waals surface area contributed by atoms with Crippen molar-refractivity contribution in [2.45, 2.75) is 20.8 Å². The van der Waals surface area contributed by atoms with Gasteiger partial charge in [0.2, 0.25) is 0 Å². The van der Waals surface area contributed by atoms with Crippen LogP contribution < -0.4 is 4.90 Å².